The Hall–Kier alpha value is -3.33. The van der Waals surface area contributed by atoms with Gasteiger partial charge in [0.15, 0.2) is 11.5 Å². The fourth-order valence-electron chi connectivity index (χ4n) is 2.48. The summed E-state index contributed by atoms with van der Waals surface area (Å²) >= 11 is 5.82. The van der Waals surface area contributed by atoms with Crippen LogP contribution in [0.3, 0.4) is 0 Å². The molecule has 3 amide bonds. The number of carbonyl (C=O) groups excluding carboxylic acids is 3. The van der Waals surface area contributed by atoms with Crippen LogP contribution in [0.15, 0.2) is 36.4 Å². The number of hydrogen-bond donors (Lipinski definition) is 3. The number of ether oxygens (including phenoxy) is 2. The Kier molecular flexibility index (Phi) is 8.63. The lowest BCUT2D eigenvalue weighted by Gasteiger charge is -2.14. The van der Waals surface area contributed by atoms with Gasteiger partial charge in [0.1, 0.15) is 5.82 Å². The minimum atomic E-state index is -0.559. The number of methoxy groups -OCH3 is 1. The fraction of sp³-hybridized carbons (Fsp3) is 0.286. The summed E-state index contributed by atoms with van der Waals surface area (Å²) in [6.45, 7) is 3.72. The molecule has 0 heterocycles. The Bertz CT molecular complexity index is 968. The van der Waals surface area contributed by atoms with Crippen LogP contribution in [0.1, 0.15) is 41.0 Å². The molecule has 0 radical (unpaired) electrons. The molecule has 0 aliphatic carbocycles. The molecule has 2 aromatic rings. The van der Waals surface area contributed by atoms with Crippen molar-refractivity contribution in [3.8, 4) is 11.5 Å². The van der Waals surface area contributed by atoms with E-state index in [1.165, 1.54) is 25.3 Å². The number of benzene rings is 2. The summed E-state index contributed by atoms with van der Waals surface area (Å²) in [4.78, 5) is 36.2. The van der Waals surface area contributed by atoms with Crippen LogP contribution in [0.4, 0.5) is 4.39 Å². The number of nitrogens with one attached hydrogen (secondary N) is 3. The highest BCUT2D eigenvalue weighted by Gasteiger charge is 2.14. The summed E-state index contributed by atoms with van der Waals surface area (Å²) in [5, 5.41) is 2.46. The lowest BCUT2D eigenvalue weighted by atomic mass is 10.2. The molecule has 166 valence electrons. The maximum atomic E-state index is 13.0. The zero-order chi connectivity index (χ0) is 23.0. The Morgan fingerprint density at radius 2 is 1.77 bits per heavy atom. The quantitative estimate of drug-likeness (QED) is 0.535. The first kappa shape index (κ1) is 23.9. The molecule has 0 aliphatic heterocycles. The standard InChI is InChI=1S/C21H23ClFN3O5/c1-12(2)31-17-7-4-13(10-18(17)30-3)20(28)26-25-19(27)8-9-24-21(29)15-6-5-14(23)11-16(15)22/h4-7,10-12H,8-9H2,1-3H3,(H,24,29)(H,25,27)(H,26,28). The number of amides is 3. The van der Waals surface area contributed by atoms with E-state index >= 15 is 0 Å². The third kappa shape index (κ3) is 7.14. The van der Waals surface area contributed by atoms with Gasteiger partial charge in [-0.25, -0.2) is 4.39 Å². The number of hydrogen-bond acceptors (Lipinski definition) is 5. The monoisotopic (exact) mass is 451 g/mol. The van der Waals surface area contributed by atoms with Crippen LogP contribution < -0.4 is 25.6 Å². The largest absolute Gasteiger partial charge is 0.493 e. The zero-order valence-electron chi connectivity index (χ0n) is 17.3. The van der Waals surface area contributed by atoms with E-state index in [1.807, 2.05) is 13.8 Å². The number of halogens is 2. The average Bonchev–Trinajstić information content (AvgIpc) is 2.71. The van der Waals surface area contributed by atoms with Gasteiger partial charge in [0.2, 0.25) is 5.91 Å². The molecule has 31 heavy (non-hydrogen) atoms. The van der Waals surface area contributed by atoms with Crippen LogP contribution in [-0.4, -0.2) is 37.5 Å². The van der Waals surface area contributed by atoms with Gasteiger partial charge in [-0.15, -0.1) is 0 Å². The molecule has 0 aromatic heterocycles. The first-order chi connectivity index (χ1) is 14.7. The van der Waals surface area contributed by atoms with Crippen LogP contribution in [0.5, 0.6) is 11.5 Å². The number of hydrazine groups is 1. The van der Waals surface area contributed by atoms with Crippen LogP contribution >= 0.6 is 11.6 Å². The highest BCUT2D eigenvalue weighted by molar-refractivity contribution is 6.33. The van der Waals surface area contributed by atoms with Crippen molar-refractivity contribution in [2.75, 3.05) is 13.7 Å². The van der Waals surface area contributed by atoms with Crippen molar-refractivity contribution >= 4 is 29.3 Å². The van der Waals surface area contributed by atoms with Crippen molar-refractivity contribution in [2.45, 2.75) is 26.4 Å². The molecule has 0 saturated carbocycles. The van der Waals surface area contributed by atoms with E-state index in [2.05, 4.69) is 16.2 Å². The first-order valence-electron chi connectivity index (χ1n) is 9.38. The van der Waals surface area contributed by atoms with Crippen molar-refractivity contribution in [2.24, 2.45) is 0 Å². The molecule has 0 aliphatic rings. The van der Waals surface area contributed by atoms with Gasteiger partial charge in [0.05, 0.1) is 23.8 Å². The molecule has 8 nitrogen and oxygen atoms in total. The van der Waals surface area contributed by atoms with Gasteiger partial charge in [-0.05, 0) is 50.2 Å². The second-order valence-electron chi connectivity index (χ2n) is 6.66. The highest BCUT2D eigenvalue weighted by atomic mass is 35.5. The van der Waals surface area contributed by atoms with Crippen molar-refractivity contribution in [1.82, 2.24) is 16.2 Å². The molecule has 2 rings (SSSR count). The lowest BCUT2D eigenvalue weighted by Crippen LogP contribution is -2.42. The summed E-state index contributed by atoms with van der Waals surface area (Å²) in [5.74, 6) is -1.30. The zero-order valence-corrected chi connectivity index (χ0v) is 18.0. The summed E-state index contributed by atoms with van der Waals surface area (Å²) < 4.78 is 23.9. The number of rotatable bonds is 8. The van der Waals surface area contributed by atoms with Gasteiger partial charge in [0.25, 0.3) is 11.8 Å². The molecule has 2 aromatic carbocycles. The van der Waals surface area contributed by atoms with Crippen LogP contribution in [0, 0.1) is 5.82 Å². The van der Waals surface area contributed by atoms with Gasteiger partial charge in [-0.1, -0.05) is 11.6 Å². The van der Waals surface area contributed by atoms with Gasteiger partial charge in [0, 0.05) is 18.5 Å². The Morgan fingerprint density at radius 3 is 2.42 bits per heavy atom. The molecule has 0 atom stereocenters. The molecule has 0 unspecified atom stereocenters. The fourth-order valence-corrected chi connectivity index (χ4v) is 2.73. The van der Waals surface area contributed by atoms with Crippen LogP contribution in [0.25, 0.3) is 0 Å². The number of carbonyl (C=O) groups is 3. The van der Waals surface area contributed by atoms with Gasteiger partial charge < -0.3 is 14.8 Å². The van der Waals surface area contributed by atoms with Gasteiger partial charge >= 0.3 is 0 Å². The molecule has 0 fully saturated rings. The van der Waals surface area contributed by atoms with E-state index in [-0.39, 0.29) is 35.2 Å². The summed E-state index contributed by atoms with van der Waals surface area (Å²) in [6, 6.07) is 8.01. The molecule has 0 spiro atoms. The van der Waals surface area contributed by atoms with Gasteiger partial charge in [-0.2, -0.15) is 0 Å². The molecule has 0 saturated heterocycles. The van der Waals surface area contributed by atoms with Crippen molar-refractivity contribution < 1.29 is 28.2 Å². The molecule has 10 heteroatoms. The Balaban J connectivity index is 1.81. The van der Waals surface area contributed by atoms with E-state index in [0.717, 1.165) is 12.1 Å². The average molecular weight is 452 g/mol. The van der Waals surface area contributed by atoms with Crippen molar-refractivity contribution in [3.05, 3.63) is 58.4 Å². The topological polar surface area (TPSA) is 106 Å². The SMILES string of the molecule is COc1cc(C(=O)NNC(=O)CCNC(=O)c2ccc(F)cc2Cl)ccc1OC(C)C. The third-order valence-corrected chi connectivity index (χ3v) is 4.23. The minimum Gasteiger partial charge on any atom is -0.493 e. The maximum Gasteiger partial charge on any atom is 0.269 e. The van der Waals surface area contributed by atoms with Crippen molar-refractivity contribution in [1.29, 1.82) is 0 Å². The first-order valence-corrected chi connectivity index (χ1v) is 9.76. The van der Waals surface area contributed by atoms with Gasteiger partial charge in [-0.3, -0.25) is 25.2 Å². The minimum absolute atomic E-state index is 0.0106. The van der Waals surface area contributed by atoms with Crippen LogP contribution in [0.2, 0.25) is 5.02 Å². The molecular weight excluding hydrogens is 429 g/mol. The maximum absolute atomic E-state index is 13.0. The smallest absolute Gasteiger partial charge is 0.269 e. The summed E-state index contributed by atoms with van der Waals surface area (Å²) in [6.07, 6.45) is -0.164. The third-order valence-electron chi connectivity index (χ3n) is 3.92. The van der Waals surface area contributed by atoms with E-state index in [9.17, 15) is 18.8 Å². The van der Waals surface area contributed by atoms with E-state index in [1.54, 1.807) is 6.07 Å². The summed E-state index contributed by atoms with van der Waals surface area (Å²) in [5.41, 5.74) is 4.90. The van der Waals surface area contributed by atoms with E-state index in [4.69, 9.17) is 21.1 Å². The van der Waals surface area contributed by atoms with Crippen LogP contribution in [-0.2, 0) is 4.79 Å². The molecule has 0 bridgehead atoms. The van der Waals surface area contributed by atoms with E-state index < -0.39 is 23.5 Å². The lowest BCUT2D eigenvalue weighted by molar-refractivity contribution is -0.121. The van der Waals surface area contributed by atoms with E-state index in [0.29, 0.717) is 11.5 Å². The Morgan fingerprint density at radius 1 is 1.03 bits per heavy atom. The summed E-state index contributed by atoms with van der Waals surface area (Å²) in [7, 11) is 1.46. The van der Waals surface area contributed by atoms with Crippen molar-refractivity contribution in [3.63, 3.8) is 0 Å². The second kappa shape index (κ2) is 11.2. The predicted octanol–water partition coefficient (Wildman–Crippen LogP) is 2.86. The second-order valence-corrected chi connectivity index (χ2v) is 7.07. The Labute approximate surface area is 184 Å². The molecular formula is C21H23ClFN3O5. The molecule has 3 N–H and O–H groups in total. The normalized spacial score (nSPS) is 10.4. The predicted molar refractivity (Wildman–Crippen MR) is 113 cm³/mol. The highest BCUT2D eigenvalue weighted by Crippen LogP contribution is 2.28.